The van der Waals surface area contributed by atoms with Gasteiger partial charge in [0.1, 0.15) is 16.4 Å². The summed E-state index contributed by atoms with van der Waals surface area (Å²) in [5.41, 5.74) is 2.56. The van der Waals surface area contributed by atoms with Crippen LogP contribution in [0.3, 0.4) is 0 Å². The van der Waals surface area contributed by atoms with Gasteiger partial charge in [0.15, 0.2) is 11.5 Å². The Morgan fingerprint density at radius 1 is 1.00 bits per heavy atom. The zero-order chi connectivity index (χ0) is 14.7. The van der Waals surface area contributed by atoms with Gasteiger partial charge >= 0.3 is 0 Å². The van der Waals surface area contributed by atoms with E-state index in [0.29, 0.717) is 11.5 Å². The van der Waals surface area contributed by atoms with E-state index in [1.165, 1.54) is 0 Å². The summed E-state index contributed by atoms with van der Waals surface area (Å²) in [6, 6.07) is 5.75. The monoisotopic (exact) mass is 299 g/mol. The van der Waals surface area contributed by atoms with Crippen LogP contribution >= 0.6 is 11.3 Å². The van der Waals surface area contributed by atoms with Gasteiger partial charge in [0.2, 0.25) is 0 Å². The van der Waals surface area contributed by atoms with Gasteiger partial charge in [0.05, 0.1) is 20.4 Å². The molecule has 0 N–H and O–H groups in total. The summed E-state index contributed by atoms with van der Waals surface area (Å²) in [6.45, 7) is 0. The van der Waals surface area contributed by atoms with E-state index >= 15 is 0 Å². The third-order valence-corrected chi connectivity index (χ3v) is 3.85. The Labute approximate surface area is 126 Å². The molecule has 21 heavy (non-hydrogen) atoms. The van der Waals surface area contributed by atoms with Crippen molar-refractivity contribution in [1.29, 1.82) is 0 Å². The zero-order valence-electron chi connectivity index (χ0n) is 11.6. The molecular weight excluding hydrogens is 286 g/mol. The highest BCUT2D eigenvalue weighted by Gasteiger charge is 2.11. The zero-order valence-corrected chi connectivity index (χ0v) is 12.4. The molecule has 0 fully saturated rings. The maximum atomic E-state index is 5.32. The fraction of sp³-hybridized carbons (Fsp3) is 0.133. The number of hydrogen-bond donors (Lipinski definition) is 0. The molecule has 106 valence electrons. The highest BCUT2D eigenvalue weighted by atomic mass is 32.1. The van der Waals surface area contributed by atoms with E-state index in [2.05, 4.69) is 15.0 Å². The molecule has 0 bridgehead atoms. The maximum absolute atomic E-state index is 5.32. The standard InChI is InChI=1S/C15H13N3O2S/c1-19-13-4-3-10(7-14(13)20-2)15-18-12(9-21-15)11-8-16-5-6-17-11/h3-9H,1-2H3. The predicted octanol–water partition coefficient (Wildman–Crippen LogP) is 3.28. The quantitative estimate of drug-likeness (QED) is 0.740. The van der Waals surface area contributed by atoms with Gasteiger partial charge in [-0.2, -0.15) is 0 Å². The Kier molecular flexibility index (Phi) is 3.79. The first kappa shape index (κ1) is 13.5. The fourth-order valence-electron chi connectivity index (χ4n) is 1.92. The Balaban J connectivity index is 1.97. The average Bonchev–Trinajstić information content (AvgIpc) is 3.05. The third-order valence-electron chi connectivity index (χ3n) is 2.96. The molecule has 0 aliphatic heterocycles. The number of ether oxygens (including phenoxy) is 2. The van der Waals surface area contributed by atoms with Crippen LogP contribution < -0.4 is 9.47 Å². The van der Waals surface area contributed by atoms with E-state index in [-0.39, 0.29) is 0 Å². The first-order valence-corrected chi connectivity index (χ1v) is 7.14. The molecule has 2 heterocycles. The lowest BCUT2D eigenvalue weighted by atomic mass is 10.2. The highest BCUT2D eigenvalue weighted by molar-refractivity contribution is 7.13. The van der Waals surface area contributed by atoms with Gasteiger partial charge in [-0.25, -0.2) is 4.98 Å². The van der Waals surface area contributed by atoms with Gasteiger partial charge < -0.3 is 9.47 Å². The van der Waals surface area contributed by atoms with Crippen LogP contribution in [0.25, 0.3) is 22.0 Å². The molecule has 3 aromatic rings. The lowest BCUT2D eigenvalue weighted by Gasteiger charge is -2.08. The Morgan fingerprint density at radius 2 is 1.86 bits per heavy atom. The van der Waals surface area contributed by atoms with Crippen molar-refractivity contribution in [1.82, 2.24) is 15.0 Å². The molecule has 0 saturated carbocycles. The number of nitrogens with zero attached hydrogens (tertiary/aromatic N) is 3. The number of aromatic nitrogens is 3. The molecule has 0 unspecified atom stereocenters. The number of methoxy groups -OCH3 is 2. The topological polar surface area (TPSA) is 57.1 Å². The molecule has 0 aliphatic carbocycles. The molecule has 0 aliphatic rings. The summed E-state index contributed by atoms with van der Waals surface area (Å²) in [5.74, 6) is 1.39. The van der Waals surface area contributed by atoms with Crippen LogP contribution in [0.15, 0.2) is 42.2 Å². The van der Waals surface area contributed by atoms with E-state index in [0.717, 1.165) is 22.0 Å². The molecule has 0 radical (unpaired) electrons. The highest BCUT2D eigenvalue weighted by Crippen LogP contribution is 2.34. The minimum atomic E-state index is 0.686. The first-order chi connectivity index (χ1) is 10.3. The number of rotatable bonds is 4. The van der Waals surface area contributed by atoms with Gasteiger partial charge in [0, 0.05) is 23.3 Å². The van der Waals surface area contributed by atoms with Crippen molar-refractivity contribution in [3.05, 3.63) is 42.2 Å². The molecule has 0 saturated heterocycles. The van der Waals surface area contributed by atoms with Crippen LogP contribution in [-0.2, 0) is 0 Å². The first-order valence-electron chi connectivity index (χ1n) is 6.26. The van der Waals surface area contributed by atoms with Crippen molar-refractivity contribution < 1.29 is 9.47 Å². The molecule has 3 rings (SSSR count). The minimum Gasteiger partial charge on any atom is -0.493 e. The van der Waals surface area contributed by atoms with Crippen molar-refractivity contribution >= 4 is 11.3 Å². The fourth-order valence-corrected chi connectivity index (χ4v) is 2.74. The summed E-state index contributed by atoms with van der Waals surface area (Å²) >= 11 is 1.55. The predicted molar refractivity (Wildman–Crippen MR) is 81.7 cm³/mol. The summed E-state index contributed by atoms with van der Waals surface area (Å²) < 4.78 is 10.6. The van der Waals surface area contributed by atoms with Crippen LogP contribution in [0.5, 0.6) is 11.5 Å². The van der Waals surface area contributed by atoms with Crippen molar-refractivity contribution in [2.75, 3.05) is 14.2 Å². The normalized spacial score (nSPS) is 10.4. The van der Waals surface area contributed by atoms with Gasteiger partial charge in [-0.3, -0.25) is 9.97 Å². The van der Waals surface area contributed by atoms with Crippen LogP contribution in [0, 0.1) is 0 Å². The van der Waals surface area contributed by atoms with Gasteiger partial charge in [-0.1, -0.05) is 0 Å². The summed E-state index contributed by atoms with van der Waals surface area (Å²) in [6.07, 6.45) is 5.00. The second-order valence-corrected chi connectivity index (χ2v) is 5.06. The lowest BCUT2D eigenvalue weighted by Crippen LogP contribution is -1.90. The van der Waals surface area contributed by atoms with Gasteiger partial charge in [-0.15, -0.1) is 11.3 Å². The van der Waals surface area contributed by atoms with Crippen LogP contribution in [0.2, 0.25) is 0 Å². The minimum absolute atomic E-state index is 0.686. The second-order valence-electron chi connectivity index (χ2n) is 4.20. The van der Waals surface area contributed by atoms with Crippen molar-refractivity contribution in [3.63, 3.8) is 0 Å². The second kappa shape index (κ2) is 5.88. The van der Waals surface area contributed by atoms with Crippen LogP contribution in [-0.4, -0.2) is 29.2 Å². The largest absolute Gasteiger partial charge is 0.493 e. The van der Waals surface area contributed by atoms with E-state index in [1.54, 1.807) is 44.1 Å². The van der Waals surface area contributed by atoms with Gasteiger partial charge in [-0.05, 0) is 18.2 Å². The Bertz CT molecular complexity index is 744. The summed E-state index contributed by atoms with van der Waals surface area (Å²) in [7, 11) is 3.24. The average molecular weight is 299 g/mol. The van der Waals surface area contributed by atoms with E-state index in [4.69, 9.17) is 9.47 Å². The summed E-state index contributed by atoms with van der Waals surface area (Å²) in [4.78, 5) is 12.9. The van der Waals surface area contributed by atoms with Gasteiger partial charge in [0.25, 0.3) is 0 Å². The van der Waals surface area contributed by atoms with E-state index in [1.807, 2.05) is 23.6 Å². The molecule has 0 spiro atoms. The molecule has 1 aromatic carbocycles. The van der Waals surface area contributed by atoms with Crippen LogP contribution in [0.4, 0.5) is 0 Å². The number of benzene rings is 1. The van der Waals surface area contributed by atoms with Crippen molar-refractivity contribution in [3.8, 4) is 33.5 Å². The van der Waals surface area contributed by atoms with Crippen molar-refractivity contribution in [2.24, 2.45) is 0 Å². The maximum Gasteiger partial charge on any atom is 0.161 e. The summed E-state index contributed by atoms with van der Waals surface area (Å²) in [5, 5.41) is 2.87. The van der Waals surface area contributed by atoms with E-state index in [9.17, 15) is 0 Å². The molecule has 2 aromatic heterocycles. The molecule has 0 atom stereocenters. The molecule has 5 nitrogen and oxygen atoms in total. The number of thiazole rings is 1. The third kappa shape index (κ3) is 2.71. The lowest BCUT2D eigenvalue weighted by molar-refractivity contribution is 0.355. The molecule has 6 heteroatoms. The molecule has 0 amide bonds. The van der Waals surface area contributed by atoms with E-state index < -0.39 is 0 Å². The van der Waals surface area contributed by atoms with Crippen LogP contribution in [0.1, 0.15) is 0 Å². The smallest absolute Gasteiger partial charge is 0.161 e. The van der Waals surface area contributed by atoms with Crippen molar-refractivity contribution in [2.45, 2.75) is 0 Å². The Hall–Kier alpha value is -2.47. The Morgan fingerprint density at radius 3 is 2.57 bits per heavy atom. The SMILES string of the molecule is COc1ccc(-c2nc(-c3cnccn3)cs2)cc1OC. The number of hydrogen-bond acceptors (Lipinski definition) is 6. The molecular formula is C15H13N3O2S.